The first kappa shape index (κ1) is 11.7. The molecule has 12 heavy (non-hydrogen) atoms. The Hall–Kier alpha value is -0.260. The molecule has 0 amide bonds. The van der Waals surface area contributed by atoms with Crippen LogP contribution in [0.15, 0.2) is 11.6 Å². The lowest BCUT2D eigenvalue weighted by molar-refractivity contribution is 0.493. The fraction of sp³-hybridized carbons (Fsp3) is 0.833. The molecule has 0 aromatic rings. The van der Waals surface area contributed by atoms with Gasteiger partial charge in [0.15, 0.2) is 0 Å². The Morgan fingerprint density at radius 3 is 2.17 bits per heavy atom. The molecule has 0 bridgehead atoms. The maximum absolute atomic E-state index is 2.40. The van der Waals surface area contributed by atoms with E-state index in [0.717, 1.165) is 5.92 Å². The van der Waals surface area contributed by atoms with E-state index in [1.807, 2.05) is 0 Å². The molecule has 0 heteroatoms. The Kier molecular flexibility index (Phi) is 4.59. The average Bonchev–Trinajstić information content (AvgIpc) is 1.97. The van der Waals surface area contributed by atoms with Crippen LogP contribution in [0.3, 0.4) is 0 Å². The Morgan fingerprint density at radius 1 is 1.33 bits per heavy atom. The summed E-state index contributed by atoms with van der Waals surface area (Å²) < 4.78 is 0. The van der Waals surface area contributed by atoms with Gasteiger partial charge in [0.2, 0.25) is 0 Å². The zero-order valence-corrected chi connectivity index (χ0v) is 9.57. The van der Waals surface area contributed by atoms with E-state index in [0.29, 0.717) is 5.41 Å². The van der Waals surface area contributed by atoms with Crippen molar-refractivity contribution in [3.05, 3.63) is 11.6 Å². The zero-order valence-electron chi connectivity index (χ0n) is 9.57. The molecule has 0 rings (SSSR count). The second-order valence-electron chi connectivity index (χ2n) is 4.89. The highest BCUT2D eigenvalue weighted by Crippen LogP contribution is 2.25. The van der Waals surface area contributed by atoms with Crippen LogP contribution < -0.4 is 0 Å². The standard InChI is InChI=1S/C12H24/c1-7-10(2)8-9-11(3)12(4,5)6/h9-10H,7-8H2,1-6H3/b11-9+. The van der Waals surface area contributed by atoms with Crippen LogP contribution in [-0.4, -0.2) is 0 Å². The van der Waals surface area contributed by atoms with Crippen molar-refractivity contribution < 1.29 is 0 Å². The van der Waals surface area contributed by atoms with Crippen LogP contribution in [0.1, 0.15) is 54.4 Å². The van der Waals surface area contributed by atoms with E-state index in [9.17, 15) is 0 Å². The highest BCUT2D eigenvalue weighted by molar-refractivity contribution is 5.07. The van der Waals surface area contributed by atoms with Crippen LogP contribution in [0.25, 0.3) is 0 Å². The van der Waals surface area contributed by atoms with E-state index >= 15 is 0 Å². The van der Waals surface area contributed by atoms with Gasteiger partial charge < -0.3 is 0 Å². The predicted octanol–water partition coefficient (Wildman–Crippen LogP) is 4.42. The quantitative estimate of drug-likeness (QED) is 0.547. The third-order valence-electron chi connectivity index (χ3n) is 2.71. The monoisotopic (exact) mass is 168 g/mol. The molecule has 0 aromatic heterocycles. The van der Waals surface area contributed by atoms with Crippen molar-refractivity contribution in [3.8, 4) is 0 Å². The van der Waals surface area contributed by atoms with Gasteiger partial charge in [-0.1, -0.05) is 52.7 Å². The smallest absolute Gasteiger partial charge is 0.0176 e. The van der Waals surface area contributed by atoms with Gasteiger partial charge >= 0.3 is 0 Å². The van der Waals surface area contributed by atoms with E-state index in [1.165, 1.54) is 18.4 Å². The first-order valence-corrected chi connectivity index (χ1v) is 5.05. The fourth-order valence-corrected chi connectivity index (χ4v) is 0.851. The summed E-state index contributed by atoms with van der Waals surface area (Å²) in [6.45, 7) is 13.6. The average molecular weight is 168 g/mol. The van der Waals surface area contributed by atoms with Gasteiger partial charge in [0.25, 0.3) is 0 Å². The Balaban J connectivity index is 4.01. The van der Waals surface area contributed by atoms with Gasteiger partial charge in [-0.25, -0.2) is 0 Å². The van der Waals surface area contributed by atoms with Crippen LogP contribution in [0.2, 0.25) is 0 Å². The van der Waals surface area contributed by atoms with Crippen LogP contribution in [0, 0.1) is 11.3 Å². The fourth-order valence-electron chi connectivity index (χ4n) is 0.851. The summed E-state index contributed by atoms with van der Waals surface area (Å²) in [5.74, 6) is 0.835. The van der Waals surface area contributed by atoms with Crippen molar-refractivity contribution in [2.24, 2.45) is 11.3 Å². The van der Waals surface area contributed by atoms with Crippen molar-refractivity contribution in [3.63, 3.8) is 0 Å². The molecular formula is C12H24. The maximum atomic E-state index is 2.40. The molecule has 1 atom stereocenters. The van der Waals surface area contributed by atoms with Crippen molar-refractivity contribution in [1.29, 1.82) is 0 Å². The first-order valence-electron chi connectivity index (χ1n) is 5.05. The molecule has 0 saturated carbocycles. The number of rotatable bonds is 3. The molecule has 0 radical (unpaired) electrons. The normalized spacial score (nSPS) is 16.3. The highest BCUT2D eigenvalue weighted by Gasteiger charge is 2.11. The van der Waals surface area contributed by atoms with Gasteiger partial charge in [-0.05, 0) is 24.7 Å². The number of allylic oxidation sites excluding steroid dienone is 2. The molecule has 0 fully saturated rings. The molecular weight excluding hydrogens is 144 g/mol. The van der Waals surface area contributed by atoms with Crippen molar-refractivity contribution in [2.75, 3.05) is 0 Å². The van der Waals surface area contributed by atoms with Gasteiger partial charge in [-0.3, -0.25) is 0 Å². The number of hydrogen-bond acceptors (Lipinski definition) is 0. The minimum atomic E-state index is 0.355. The molecule has 0 aliphatic heterocycles. The molecule has 0 nitrogen and oxygen atoms in total. The van der Waals surface area contributed by atoms with Crippen LogP contribution >= 0.6 is 0 Å². The van der Waals surface area contributed by atoms with Crippen LogP contribution in [0.5, 0.6) is 0 Å². The van der Waals surface area contributed by atoms with Crippen molar-refractivity contribution >= 4 is 0 Å². The summed E-state index contributed by atoms with van der Waals surface area (Å²) in [6, 6.07) is 0. The SMILES string of the molecule is CCC(C)C/C=C(\C)C(C)(C)C. The minimum absolute atomic E-state index is 0.355. The van der Waals surface area contributed by atoms with E-state index in [-0.39, 0.29) is 0 Å². The molecule has 0 aromatic carbocycles. The molecule has 72 valence electrons. The molecule has 0 N–H and O–H groups in total. The summed E-state index contributed by atoms with van der Waals surface area (Å²) in [7, 11) is 0. The maximum Gasteiger partial charge on any atom is -0.0176 e. The van der Waals surface area contributed by atoms with Crippen LogP contribution in [0.4, 0.5) is 0 Å². The Bertz CT molecular complexity index is 146. The third-order valence-corrected chi connectivity index (χ3v) is 2.71. The summed E-state index contributed by atoms with van der Waals surface area (Å²) in [6.07, 6.45) is 4.92. The molecule has 0 aliphatic carbocycles. The lowest BCUT2D eigenvalue weighted by Gasteiger charge is -2.20. The minimum Gasteiger partial charge on any atom is -0.0848 e. The molecule has 1 unspecified atom stereocenters. The zero-order chi connectivity index (χ0) is 9.78. The van der Waals surface area contributed by atoms with Gasteiger partial charge in [0, 0.05) is 0 Å². The Morgan fingerprint density at radius 2 is 1.83 bits per heavy atom. The first-order chi connectivity index (χ1) is 5.38. The lowest BCUT2D eigenvalue weighted by atomic mass is 9.86. The summed E-state index contributed by atoms with van der Waals surface area (Å²) in [4.78, 5) is 0. The largest absolute Gasteiger partial charge is 0.0848 e. The molecule has 0 saturated heterocycles. The topological polar surface area (TPSA) is 0 Å². The summed E-state index contributed by atoms with van der Waals surface area (Å²) in [5.41, 5.74) is 1.87. The van der Waals surface area contributed by atoms with Gasteiger partial charge in [-0.2, -0.15) is 0 Å². The molecule has 0 spiro atoms. The van der Waals surface area contributed by atoms with E-state index < -0.39 is 0 Å². The number of hydrogen-bond donors (Lipinski definition) is 0. The molecule has 0 aliphatic rings. The Labute approximate surface area is 78.1 Å². The molecule has 0 heterocycles. The summed E-state index contributed by atoms with van der Waals surface area (Å²) in [5, 5.41) is 0. The third kappa shape index (κ3) is 4.58. The van der Waals surface area contributed by atoms with E-state index in [4.69, 9.17) is 0 Å². The second-order valence-corrected chi connectivity index (χ2v) is 4.89. The van der Waals surface area contributed by atoms with E-state index in [2.05, 4.69) is 47.6 Å². The highest BCUT2D eigenvalue weighted by atomic mass is 14.2. The van der Waals surface area contributed by atoms with Crippen LogP contribution in [-0.2, 0) is 0 Å². The van der Waals surface area contributed by atoms with Crippen molar-refractivity contribution in [2.45, 2.75) is 54.4 Å². The second kappa shape index (κ2) is 4.69. The van der Waals surface area contributed by atoms with Gasteiger partial charge in [0.05, 0.1) is 0 Å². The van der Waals surface area contributed by atoms with E-state index in [1.54, 1.807) is 0 Å². The van der Waals surface area contributed by atoms with Gasteiger partial charge in [0.1, 0.15) is 0 Å². The summed E-state index contributed by atoms with van der Waals surface area (Å²) >= 11 is 0. The van der Waals surface area contributed by atoms with Gasteiger partial charge in [-0.15, -0.1) is 0 Å². The lowest BCUT2D eigenvalue weighted by Crippen LogP contribution is -2.06. The van der Waals surface area contributed by atoms with Crippen molar-refractivity contribution in [1.82, 2.24) is 0 Å². The predicted molar refractivity (Wildman–Crippen MR) is 57.3 cm³/mol.